The van der Waals surface area contributed by atoms with E-state index in [0.29, 0.717) is 6.42 Å². The minimum Gasteiger partial charge on any atom is -0.477 e. The Bertz CT molecular complexity index is 1230. The monoisotopic (exact) mass is 476 g/mol. The highest BCUT2D eigenvalue weighted by Gasteiger charge is 2.31. The lowest BCUT2D eigenvalue weighted by Crippen LogP contribution is -2.36. The van der Waals surface area contributed by atoms with E-state index in [9.17, 15) is 19.5 Å². The summed E-state index contributed by atoms with van der Waals surface area (Å²) in [5, 5.41) is 18.6. The minimum absolute atomic E-state index is 0.0115. The zero-order chi connectivity index (χ0) is 25.2. The van der Waals surface area contributed by atoms with Gasteiger partial charge in [-0.3, -0.25) is 9.48 Å². The van der Waals surface area contributed by atoms with Crippen LogP contribution in [0.3, 0.4) is 0 Å². The number of carboxylic acids is 1. The van der Waals surface area contributed by atoms with Crippen molar-refractivity contribution >= 4 is 23.8 Å². The molecule has 0 saturated heterocycles. The molecule has 3 aromatic rings. The molecule has 0 unspecified atom stereocenters. The van der Waals surface area contributed by atoms with Gasteiger partial charge in [-0.15, -0.1) is 0 Å². The Morgan fingerprint density at radius 3 is 2.26 bits per heavy atom. The standard InChI is InChI=1S/C26H28N4O5/c1-26(2,24(33)28-22-20(23(31)32)14-30(3)29-22)12-13-27-25(34)35-15-21-18-10-6-4-8-16(18)17-9-5-7-11-19(17)21/h4-11,14,21H,12-13,15H2,1-3H3,(H,27,34)(H,31,32)(H,28,29,33). The minimum atomic E-state index is -1.18. The summed E-state index contributed by atoms with van der Waals surface area (Å²) < 4.78 is 6.85. The van der Waals surface area contributed by atoms with Gasteiger partial charge in [-0.25, -0.2) is 9.59 Å². The van der Waals surface area contributed by atoms with E-state index < -0.39 is 23.4 Å². The van der Waals surface area contributed by atoms with Crippen LogP contribution in [0.2, 0.25) is 0 Å². The number of ether oxygens (including phenoxy) is 1. The van der Waals surface area contributed by atoms with Gasteiger partial charge in [-0.2, -0.15) is 5.10 Å². The van der Waals surface area contributed by atoms with Gasteiger partial charge < -0.3 is 20.5 Å². The molecule has 0 bridgehead atoms. The highest BCUT2D eigenvalue weighted by atomic mass is 16.5. The number of carbonyl (C=O) groups excluding carboxylic acids is 2. The molecular weight excluding hydrogens is 448 g/mol. The van der Waals surface area contributed by atoms with Crippen LogP contribution >= 0.6 is 0 Å². The van der Waals surface area contributed by atoms with Crippen molar-refractivity contribution in [3.8, 4) is 11.1 Å². The molecule has 1 aliphatic rings. The Morgan fingerprint density at radius 1 is 1.06 bits per heavy atom. The summed E-state index contributed by atoms with van der Waals surface area (Å²) in [7, 11) is 1.57. The van der Waals surface area contributed by atoms with Gasteiger partial charge in [0, 0.05) is 31.1 Å². The van der Waals surface area contributed by atoms with Crippen LogP contribution in [0.4, 0.5) is 10.6 Å². The van der Waals surface area contributed by atoms with Gasteiger partial charge in [0.25, 0.3) is 0 Å². The second-order valence-corrected chi connectivity index (χ2v) is 9.21. The summed E-state index contributed by atoms with van der Waals surface area (Å²) in [6.45, 7) is 3.85. The molecule has 182 valence electrons. The molecule has 0 atom stereocenters. The molecule has 1 heterocycles. The number of fused-ring (bicyclic) bond motifs is 3. The average molecular weight is 477 g/mol. The van der Waals surface area contributed by atoms with Gasteiger partial charge in [0.05, 0.1) is 0 Å². The maximum atomic E-state index is 12.7. The normalized spacial score (nSPS) is 12.5. The van der Waals surface area contributed by atoms with Crippen molar-refractivity contribution in [1.29, 1.82) is 0 Å². The number of benzene rings is 2. The summed E-state index contributed by atoms with van der Waals surface area (Å²) >= 11 is 0. The number of hydrogen-bond donors (Lipinski definition) is 3. The van der Waals surface area contributed by atoms with Gasteiger partial charge in [-0.05, 0) is 28.7 Å². The lowest BCUT2D eigenvalue weighted by atomic mass is 9.88. The predicted octanol–water partition coefficient (Wildman–Crippen LogP) is 4.01. The number of hydrogen-bond acceptors (Lipinski definition) is 5. The van der Waals surface area contributed by atoms with E-state index >= 15 is 0 Å². The van der Waals surface area contributed by atoms with Crippen molar-refractivity contribution in [2.75, 3.05) is 18.5 Å². The Hall–Kier alpha value is -4.14. The summed E-state index contributed by atoms with van der Waals surface area (Å²) in [4.78, 5) is 36.5. The van der Waals surface area contributed by atoms with Crippen LogP contribution in [0.25, 0.3) is 11.1 Å². The molecule has 2 amide bonds. The first kappa shape index (κ1) is 24.0. The van der Waals surface area contributed by atoms with Gasteiger partial charge in [0.15, 0.2) is 5.82 Å². The van der Waals surface area contributed by atoms with E-state index in [0.717, 1.165) is 22.3 Å². The molecular formula is C26H28N4O5. The number of aromatic nitrogens is 2. The Balaban J connectivity index is 1.29. The number of alkyl carbamates (subject to hydrolysis) is 1. The molecule has 0 aliphatic heterocycles. The topological polar surface area (TPSA) is 123 Å². The fourth-order valence-corrected chi connectivity index (χ4v) is 4.25. The molecule has 2 aromatic carbocycles. The van der Waals surface area contributed by atoms with Crippen LogP contribution in [0.1, 0.15) is 47.7 Å². The van der Waals surface area contributed by atoms with Crippen LogP contribution in [0.15, 0.2) is 54.7 Å². The van der Waals surface area contributed by atoms with E-state index in [1.165, 1.54) is 10.9 Å². The van der Waals surface area contributed by atoms with Crippen molar-refractivity contribution in [2.24, 2.45) is 12.5 Å². The number of aryl methyl sites for hydroxylation is 1. The lowest BCUT2D eigenvalue weighted by Gasteiger charge is -2.23. The van der Waals surface area contributed by atoms with Gasteiger partial charge in [0.2, 0.25) is 5.91 Å². The molecule has 1 aromatic heterocycles. The largest absolute Gasteiger partial charge is 0.477 e. The number of carboxylic acid groups (broad SMARTS) is 1. The number of aromatic carboxylic acids is 1. The number of rotatable bonds is 8. The molecule has 35 heavy (non-hydrogen) atoms. The lowest BCUT2D eigenvalue weighted by molar-refractivity contribution is -0.124. The first-order chi connectivity index (χ1) is 16.7. The fraction of sp³-hybridized carbons (Fsp3) is 0.308. The van der Waals surface area contributed by atoms with Crippen molar-refractivity contribution in [1.82, 2.24) is 15.1 Å². The molecule has 0 fully saturated rings. The predicted molar refractivity (Wildman–Crippen MR) is 130 cm³/mol. The molecule has 0 spiro atoms. The highest BCUT2D eigenvalue weighted by Crippen LogP contribution is 2.44. The third-order valence-electron chi connectivity index (χ3n) is 6.27. The molecule has 9 heteroatoms. The van der Waals surface area contributed by atoms with E-state index in [2.05, 4.69) is 40.0 Å². The SMILES string of the molecule is Cn1cc(C(=O)O)c(NC(=O)C(C)(C)CCNC(=O)OCC2c3ccccc3-c3ccccc32)n1. The first-order valence-corrected chi connectivity index (χ1v) is 11.3. The van der Waals surface area contributed by atoms with Crippen molar-refractivity contribution in [3.63, 3.8) is 0 Å². The Labute approximate surface area is 203 Å². The average Bonchev–Trinajstić information content (AvgIpc) is 3.35. The van der Waals surface area contributed by atoms with Gasteiger partial charge in [0.1, 0.15) is 12.2 Å². The van der Waals surface area contributed by atoms with Gasteiger partial charge >= 0.3 is 12.1 Å². The number of amides is 2. The third-order valence-corrected chi connectivity index (χ3v) is 6.27. The molecule has 9 nitrogen and oxygen atoms in total. The van der Waals surface area contributed by atoms with Crippen molar-refractivity contribution in [3.05, 3.63) is 71.4 Å². The quantitative estimate of drug-likeness (QED) is 0.451. The highest BCUT2D eigenvalue weighted by molar-refractivity contribution is 6.00. The van der Waals surface area contributed by atoms with Crippen LogP contribution in [-0.4, -0.2) is 46.0 Å². The smallest absolute Gasteiger partial charge is 0.407 e. The van der Waals surface area contributed by atoms with E-state index in [-0.39, 0.29) is 30.5 Å². The van der Waals surface area contributed by atoms with Gasteiger partial charge in [-0.1, -0.05) is 62.4 Å². The first-order valence-electron chi connectivity index (χ1n) is 11.3. The van der Waals surface area contributed by atoms with Crippen LogP contribution in [0, 0.1) is 5.41 Å². The molecule has 3 N–H and O–H groups in total. The van der Waals surface area contributed by atoms with E-state index in [1.54, 1.807) is 20.9 Å². The van der Waals surface area contributed by atoms with Crippen molar-refractivity contribution in [2.45, 2.75) is 26.2 Å². The summed E-state index contributed by atoms with van der Waals surface area (Å²) in [6, 6.07) is 16.2. The zero-order valence-electron chi connectivity index (χ0n) is 19.9. The van der Waals surface area contributed by atoms with Crippen LogP contribution in [-0.2, 0) is 16.6 Å². The van der Waals surface area contributed by atoms with E-state index in [1.807, 2.05) is 24.3 Å². The van der Waals surface area contributed by atoms with Crippen LogP contribution < -0.4 is 10.6 Å². The maximum absolute atomic E-state index is 12.7. The Kier molecular flexibility index (Phi) is 6.59. The number of nitrogens with zero attached hydrogens (tertiary/aromatic N) is 2. The molecule has 4 rings (SSSR count). The van der Waals surface area contributed by atoms with Crippen molar-refractivity contribution < 1.29 is 24.2 Å². The fourth-order valence-electron chi connectivity index (χ4n) is 4.25. The number of nitrogens with one attached hydrogen (secondary N) is 2. The third kappa shape index (κ3) is 5.03. The second-order valence-electron chi connectivity index (χ2n) is 9.21. The molecule has 0 saturated carbocycles. The second kappa shape index (κ2) is 9.61. The maximum Gasteiger partial charge on any atom is 0.407 e. The summed E-state index contributed by atoms with van der Waals surface area (Å²) in [6.07, 6.45) is 1.09. The molecule has 1 aliphatic carbocycles. The number of carbonyl (C=O) groups is 3. The summed E-state index contributed by atoms with van der Waals surface area (Å²) in [5.41, 5.74) is 3.61. The zero-order valence-corrected chi connectivity index (χ0v) is 19.9. The van der Waals surface area contributed by atoms with E-state index in [4.69, 9.17) is 4.74 Å². The Morgan fingerprint density at radius 2 is 1.66 bits per heavy atom. The summed E-state index contributed by atoms with van der Waals surface area (Å²) in [5.74, 6) is -1.61. The van der Waals surface area contributed by atoms with Crippen LogP contribution in [0.5, 0.6) is 0 Å². The molecule has 0 radical (unpaired) electrons. The number of anilines is 1.